The van der Waals surface area contributed by atoms with Crippen molar-refractivity contribution in [3.8, 4) is 0 Å². The third kappa shape index (κ3) is 13.4. The SMILES string of the molecule is CCCOCCOCCOCCCNC(=O)CC. The van der Waals surface area contributed by atoms with Crippen LogP contribution in [0.15, 0.2) is 0 Å². The fourth-order valence-corrected chi connectivity index (χ4v) is 1.21. The summed E-state index contributed by atoms with van der Waals surface area (Å²) in [5.74, 6) is 0.0883. The van der Waals surface area contributed by atoms with Crippen LogP contribution in [-0.2, 0) is 19.0 Å². The van der Waals surface area contributed by atoms with E-state index in [0.29, 0.717) is 46.0 Å². The van der Waals surface area contributed by atoms with Gasteiger partial charge in [-0.3, -0.25) is 4.79 Å². The molecule has 0 aromatic carbocycles. The highest BCUT2D eigenvalue weighted by atomic mass is 16.5. The van der Waals surface area contributed by atoms with Crippen molar-refractivity contribution >= 4 is 5.91 Å². The number of hydrogen-bond donors (Lipinski definition) is 1. The standard InChI is InChI=1S/C13H27NO4/c1-3-7-16-9-11-18-12-10-17-8-5-6-14-13(15)4-2/h3-12H2,1-2H3,(H,14,15). The van der Waals surface area contributed by atoms with Crippen molar-refractivity contribution in [1.82, 2.24) is 5.32 Å². The van der Waals surface area contributed by atoms with Crippen LogP contribution < -0.4 is 5.32 Å². The van der Waals surface area contributed by atoms with Gasteiger partial charge in [0.05, 0.1) is 26.4 Å². The van der Waals surface area contributed by atoms with E-state index in [-0.39, 0.29) is 5.91 Å². The Balaban J connectivity index is 2.97. The molecule has 108 valence electrons. The van der Waals surface area contributed by atoms with Gasteiger partial charge in [0.15, 0.2) is 0 Å². The summed E-state index contributed by atoms with van der Waals surface area (Å²) in [5.41, 5.74) is 0. The maximum absolute atomic E-state index is 10.9. The van der Waals surface area contributed by atoms with Gasteiger partial charge in [-0.15, -0.1) is 0 Å². The molecule has 0 aromatic rings. The molecule has 0 heterocycles. The van der Waals surface area contributed by atoms with Crippen LogP contribution in [0.4, 0.5) is 0 Å². The van der Waals surface area contributed by atoms with Crippen LogP contribution >= 0.6 is 0 Å². The van der Waals surface area contributed by atoms with Crippen LogP contribution in [-0.4, -0.2) is 52.1 Å². The van der Waals surface area contributed by atoms with E-state index in [2.05, 4.69) is 12.2 Å². The van der Waals surface area contributed by atoms with Crippen molar-refractivity contribution in [3.63, 3.8) is 0 Å². The molecule has 0 aliphatic carbocycles. The van der Waals surface area contributed by atoms with Crippen LogP contribution in [0.5, 0.6) is 0 Å². The highest BCUT2D eigenvalue weighted by molar-refractivity contribution is 5.75. The first-order valence-corrected chi connectivity index (χ1v) is 6.81. The predicted molar refractivity (Wildman–Crippen MR) is 70.7 cm³/mol. The van der Waals surface area contributed by atoms with E-state index >= 15 is 0 Å². The summed E-state index contributed by atoms with van der Waals surface area (Å²) in [6.07, 6.45) is 2.41. The molecule has 0 spiro atoms. The lowest BCUT2D eigenvalue weighted by Crippen LogP contribution is -2.24. The summed E-state index contributed by atoms with van der Waals surface area (Å²) in [6, 6.07) is 0. The van der Waals surface area contributed by atoms with E-state index in [0.717, 1.165) is 19.4 Å². The van der Waals surface area contributed by atoms with E-state index in [1.165, 1.54) is 0 Å². The topological polar surface area (TPSA) is 56.8 Å². The zero-order valence-corrected chi connectivity index (χ0v) is 11.7. The van der Waals surface area contributed by atoms with Crippen molar-refractivity contribution in [2.75, 3.05) is 46.2 Å². The molecule has 0 saturated carbocycles. The average molecular weight is 261 g/mol. The molecular formula is C13H27NO4. The van der Waals surface area contributed by atoms with Crippen LogP contribution in [0.3, 0.4) is 0 Å². The van der Waals surface area contributed by atoms with Gasteiger partial charge in [0, 0.05) is 26.2 Å². The number of ether oxygens (including phenoxy) is 3. The monoisotopic (exact) mass is 261 g/mol. The van der Waals surface area contributed by atoms with Gasteiger partial charge < -0.3 is 19.5 Å². The number of amides is 1. The highest BCUT2D eigenvalue weighted by Crippen LogP contribution is 1.85. The number of carbonyl (C=O) groups is 1. The summed E-state index contributed by atoms with van der Waals surface area (Å²) in [4.78, 5) is 10.9. The Labute approximate surface area is 110 Å². The van der Waals surface area contributed by atoms with Crippen LogP contribution in [0.2, 0.25) is 0 Å². The first kappa shape index (κ1) is 17.4. The molecular weight excluding hydrogens is 234 g/mol. The Morgan fingerprint density at radius 2 is 1.44 bits per heavy atom. The lowest BCUT2D eigenvalue weighted by Gasteiger charge is -2.06. The molecule has 0 unspecified atom stereocenters. The number of hydrogen-bond acceptors (Lipinski definition) is 4. The number of carbonyl (C=O) groups excluding carboxylic acids is 1. The molecule has 0 aromatic heterocycles. The van der Waals surface area contributed by atoms with E-state index < -0.39 is 0 Å². The molecule has 1 amide bonds. The molecule has 0 fully saturated rings. The lowest BCUT2D eigenvalue weighted by molar-refractivity contribution is -0.120. The molecule has 18 heavy (non-hydrogen) atoms. The normalized spacial score (nSPS) is 10.6. The minimum Gasteiger partial charge on any atom is -0.379 e. The second kappa shape index (κ2) is 14.4. The second-order valence-corrected chi connectivity index (χ2v) is 3.89. The maximum atomic E-state index is 10.9. The summed E-state index contributed by atoms with van der Waals surface area (Å²) < 4.78 is 16.0. The van der Waals surface area contributed by atoms with E-state index in [9.17, 15) is 4.79 Å². The molecule has 0 aliphatic rings. The van der Waals surface area contributed by atoms with E-state index in [1.807, 2.05) is 6.92 Å². The zero-order valence-electron chi connectivity index (χ0n) is 11.7. The van der Waals surface area contributed by atoms with Gasteiger partial charge in [0.2, 0.25) is 5.91 Å². The minimum atomic E-state index is 0.0883. The molecule has 0 rings (SSSR count). The molecule has 5 heteroatoms. The molecule has 0 saturated heterocycles. The predicted octanol–water partition coefficient (Wildman–Crippen LogP) is 1.36. The first-order chi connectivity index (χ1) is 8.81. The fraction of sp³-hybridized carbons (Fsp3) is 0.923. The van der Waals surface area contributed by atoms with Gasteiger partial charge in [-0.25, -0.2) is 0 Å². The average Bonchev–Trinajstić information content (AvgIpc) is 2.39. The zero-order chi connectivity index (χ0) is 13.5. The quantitative estimate of drug-likeness (QED) is 0.509. The largest absolute Gasteiger partial charge is 0.379 e. The smallest absolute Gasteiger partial charge is 0.219 e. The Bertz CT molecular complexity index is 188. The number of nitrogens with one attached hydrogen (secondary N) is 1. The molecule has 5 nitrogen and oxygen atoms in total. The van der Waals surface area contributed by atoms with Crippen molar-refractivity contribution in [3.05, 3.63) is 0 Å². The maximum Gasteiger partial charge on any atom is 0.219 e. The summed E-state index contributed by atoms with van der Waals surface area (Å²) in [5, 5.41) is 2.80. The van der Waals surface area contributed by atoms with Crippen LogP contribution in [0, 0.1) is 0 Å². The number of rotatable bonds is 13. The summed E-state index contributed by atoms with van der Waals surface area (Å²) in [7, 11) is 0. The van der Waals surface area contributed by atoms with E-state index in [1.54, 1.807) is 0 Å². The molecule has 0 radical (unpaired) electrons. The first-order valence-electron chi connectivity index (χ1n) is 6.81. The Morgan fingerprint density at radius 1 is 0.889 bits per heavy atom. The van der Waals surface area contributed by atoms with Crippen molar-refractivity contribution in [1.29, 1.82) is 0 Å². The van der Waals surface area contributed by atoms with Crippen LogP contribution in [0.1, 0.15) is 33.1 Å². The van der Waals surface area contributed by atoms with Gasteiger partial charge in [-0.1, -0.05) is 13.8 Å². The minimum absolute atomic E-state index is 0.0883. The molecule has 0 bridgehead atoms. The molecule has 1 N–H and O–H groups in total. The fourth-order valence-electron chi connectivity index (χ4n) is 1.21. The third-order valence-electron chi connectivity index (χ3n) is 2.20. The van der Waals surface area contributed by atoms with Gasteiger partial charge in [0.1, 0.15) is 0 Å². The Hall–Kier alpha value is -0.650. The lowest BCUT2D eigenvalue weighted by atomic mass is 10.4. The van der Waals surface area contributed by atoms with Crippen molar-refractivity contribution < 1.29 is 19.0 Å². The molecule has 0 aliphatic heterocycles. The Kier molecular flexibility index (Phi) is 13.9. The van der Waals surface area contributed by atoms with Gasteiger partial charge in [0.25, 0.3) is 0 Å². The van der Waals surface area contributed by atoms with Gasteiger partial charge in [-0.2, -0.15) is 0 Å². The van der Waals surface area contributed by atoms with Crippen molar-refractivity contribution in [2.45, 2.75) is 33.1 Å². The molecule has 0 atom stereocenters. The second-order valence-electron chi connectivity index (χ2n) is 3.89. The van der Waals surface area contributed by atoms with Gasteiger partial charge >= 0.3 is 0 Å². The van der Waals surface area contributed by atoms with Gasteiger partial charge in [-0.05, 0) is 12.8 Å². The van der Waals surface area contributed by atoms with E-state index in [4.69, 9.17) is 14.2 Å². The summed E-state index contributed by atoms with van der Waals surface area (Å²) >= 11 is 0. The third-order valence-corrected chi connectivity index (χ3v) is 2.20. The Morgan fingerprint density at radius 3 is 2.00 bits per heavy atom. The summed E-state index contributed by atoms with van der Waals surface area (Å²) in [6.45, 7) is 8.51. The van der Waals surface area contributed by atoms with Crippen LogP contribution in [0.25, 0.3) is 0 Å². The highest BCUT2D eigenvalue weighted by Gasteiger charge is 1.95. The van der Waals surface area contributed by atoms with Crippen molar-refractivity contribution in [2.24, 2.45) is 0 Å².